The molecule has 2 amide bonds. The van der Waals surface area contributed by atoms with Gasteiger partial charge in [0.15, 0.2) is 0 Å². The minimum atomic E-state index is -1.00. The predicted molar refractivity (Wildman–Crippen MR) is 122 cm³/mol. The summed E-state index contributed by atoms with van der Waals surface area (Å²) in [5.74, 6) is -2.16. The molecule has 0 bridgehead atoms. The number of ether oxygens (including phenoxy) is 2. The quantitative estimate of drug-likeness (QED) is 0.491. The maximum atomic E-state index is 12.8. The van der Waals surface area contributed by atoms with Crippen molar-refractivity contribution in [1.29, 1.82) is 0 Å². The molecule has 1 heterocycles. The number of esters is 2. The predicted octanol–water partition coefficient (Wildman–Crippen LogP) is 3.08. The van der Waals surface area contributed by atoms with Crippen LogP contribution in [0.25, 0.3) is 0 Å². The summed E-state index contributed by atoms with van der Waals surface area (Å²) in [7, 11) is 0. The van der Waals surface area contributed by atoms with Crippen LogP contribution in [0.3, 0.4) is 0 Å². The zero-order valence-corrected chi connectivity index (χ0v) is 19.0. The van der Waals surface area contributed by atoms with Crippen LogP contribution in [-0.4, -0.2) is 64.6 Å². The number of carboxylic acid groups (broad SMARTS) is 1. The molecule has 3 rings (SSSR count). The summed E-state index contributed by atoms with van der Waals surface area (Å²) in [6.07, 6.45) is -0.167. The second-order valence-electron chi connectivity index (χ2n) is 7.91. The van der Waals surface area contributed by atoms with Gasteiger partial charge in [0, 0.05) is 25.7 Å². The van der Waals surface area contributed by atoms with Crippen molar-refractivity contribution in [2.24, 2.45) is 0 Å². The molecule has 9 heteroatoms. The van der Waals surface area contributed by atoms with E-state index in [2.05, 4.69) is 0 Å². The first-order valence-electron chi connectivity index (χ1n) is 11.1. The number of hydrogen-bond acceptors (Lipinski definition) is 6. The van der Waals surface area contributed by atoms with Gasteiger partial charge in [0.25, 0.3) is 0 Å². The van der Waals surface area contributed by atoms with Crippen LogP contribution in [0.5, 0.6) is 0 Å². The molecule has 1 saturated heterocycles. The normalized spacial score (nSPS) is 13.7. The summed E-state index contributed by atoms with van der Waals surface area (Å²) in [5, 5.41) is 9.17. The van der Waals surface area contributed by atoms with Gasteiger partial charge < -0.3 is 24.4 Å². The monoisotopic (exact) mass is 468 g/mol. The topological polar surface area (TPSA) is 113 Å². The van der Waals surface area contributed by atoms with E-state index < -0.39 is 23.9 Å². The Hall–Kier alpha value is -3.88. The maximum absolute atomic E-state index is 12.8. The lowest BCUT2D eigenvalue weighted by Gasteiger charge is -2.37. The van der Waals surface area contributed by atoms with Gasteiger partial charge in [0.05, 0.1) is 12.2 Å². The van der Waals surface area contributed by atoms with Gasteiger partial charge in [-0.1, -0.05) is 42.5 Å². The summed E-state index contributed by atoms with van der Waals surface area (Å²) in [4.78, 5) is 51.2. The molecule has 2 aromatic carbocycles. The zero-order chi connectivity index (χ0) is 24.5. The van der Waals surface area contributed by atoms with E-state index in [1.54, 1.807) is 31.2 Å². The van der Waals surface area contributed by atoms with Gasteiger partial charge in [0.1, 0.15) is 6.61 Å². The standard InChI is InChI=1S/C25H28N2O7/c1-2-33-24(30)22(28)27(21-12-14-26(15-13-21)25(31)32)16-18-8-10-20(11-9-18)23(29)34-17-19-6-4-3-5-7-19/h3-11,21H,2,12-17H2,1H3,(H,31,32). The maximum Gasteiger partial charge on any atom is 0.407 e. The molecule has 0 aliphatic carbocycles. The van der Waals surface area contributed by atoms with E-state index in [0.29, 0.717) is 18.4 Å². The van der Waals surface area contributed by atoms with E-state index in [1.807, 2.05) is 30.3 Å². The third-order valence-corrected chi connectivity index (χ3v) is 5.64. The first-order chi connectivity index (χ1) is 16.4. The van der Waals surface area contributed by atoms with Crippen molar-refractivity contribution in [3.63, 3.8) is 0 Å². The Morgan fingerprint density at radius 1 is 0.941 bits per heavy atom. The van der Waals surface area contributed by atoms with Crippen molar-refractivity contribution in [2.45, 2.75) is 39.0 Å². The molecule has 180 valence electrons. The minimum absolute atomic E-state index is 0.0790. The molecular formula is C25H28N2O7. The van der Waals surface area contributed by atoms with Crippen LogP contribution in [0.4, 0.5) is 4.79 Å². The highest BCUT2D eigenvalue weighted by Gasteiger charge is 2.33. The third kappa shape index (κ3) is 6.57. The number of nitrogens with zero attached hydrogens (tertiary/aromatic N) is 2. The molecule has 1 aliphatic heterocycles. The lowest BCUT2D eigenvalue weighted by Crippen LogP contribution is -2.50. The van der Waals surface area contributed by atoms with Gasteiger partial charge >= 0.3 is 23.9 Å². The lowest BCUT2D eigenvalue weighted by atomic mass is 10.0. The lowest BCUT2D eigenvalue weighted by molar-refractivity contribution is -0.162. The van der Waals surface area contributed by atoms with Gasteiger partial charge in [-0.15, -0.1) is 0 Å². The van der Waals surface area contributed by atoms with Crippen LogP contribution in [0.1, 0.15) is 41.3 Å². The SMILES string of the molecule is CCOC(=O)C(=O)N(Cc1ccc(C(=O)OCc2ccccc2)cc1)C1CCN(C(=O)O)CC1. The van der Waals surface area contributed by atoms with Crippen LogP contribution in [0.2, 0.25) is 0 Å². The fourth-order valence-electron chi connectivity index (χ4n) is 3.80. The van der Waals surface area contributed by atoms with Crippen molar-refractivity contribution >= 4 is 23.9 Å². The van der Waals surface area contributed by atoms with Crippen LogP contribution >= 0.6 is 0 Å². The van der Waals surface area contributed by atoms with Crippen LogP contribution < -0.4 is 0 Å². The van der Waals surface area contributed by atoms with Gasteiger partial charge in [-0.3, -0.25) is 4.79 Å². The molecule has 2 aromatic rings. The molecule has 0 unspecified atom stereocenters. The number of carbonyl (C=O) groups excluding carboxylic acids is 3. The Balaban J connectivity index is 1.66. The van der Waals surface area contributed by atoms with E-state index in [-0.39, 0.29) is 38.9 Å². The second kappa shape index (κ2) is 11.8. The number of hydrogen-bond donors (Lipinski definition) is 1. The fourth-order valence-corrected chi connectivity index (χ4v) is 3.80. The minimum Gasteiger partial charge on any atom is -0.465 e. The number of benzene rings is 2. The van der Waals surface area contributed by atoms with E-state index in [0.717, 1.165) is 11.1 Å². The van der Waals surface area contributed by atoms with Crippen LogP contribution in [-0.2, 0) is 32.2 Å². The average molecular weight is 469 g/mol. The molecule has 9 nitrogen and oxygen atoms in total. The number of amides is 2. The summed E-state index contributed by atoms with van der Waals surface area (Å²) >= 11 is 0. The van der Waals surface area contributed by atoms with Crippen LogP contribution in [0.15, 0.2) is 54.6 Å². The summed E-state index contributed by atoms with van der Waals surface area (Å²) in [6.45, 7) is 2.55. The van der Waals surface area contributed by atoms with Gasteiger partial charge in [-0.25, -0.2) is 14.4 Å². The molecule has 0 spiro atoms. The first-order valence-corrected chi connectivity index (χ1v) is 11.1. The summed E-state index contributed by atoms with van der Waals surface area (Å²) < 4.78 is 10.2. The van der Waals surface area contributed by atoms with E-state index in [4.69, 9.17) is 9.47 Å². The largest absolute Gasteiger partial charge is 0.465 e. The number of likely N-dealkylation sites (tertiary alicyclic amines) is 1. The molecule has 0 aromatic heterocycles. The summed E-state index contributed by atoms with van der Waals surface area (Å²) in [6, 6.07) is 15.7. The molecule has 1 N–H and O–H groups in total. The van der Waals surface area contributed by atoms with Crippen molar-refractivity contribution in [3.05, 3.63) is 71.3 Å². The molecule has 1 fully saturated rings. The highest BCUT2D eigenvalue weighted by Crippen LogP contribution is 2.20. The van der Waals surface area contributed by atoms with Crippen molar-refractivity contribution < 1.29 is 33.8 Å². The molecule has 0 radical (unpaired) electrons. The van der Waals surface area contributed by atoms with E-state index in [9.17, 15) is 24.3 Å². The Labute approximate surface area is 197 Å². The van der Waals surface area contributed by atoms with Gasteiger partial charge in [-0.05, 0) is 43.0 Å². The van der Waals surface area contributed by atoms with Gasteiger partial charge in [-0.2, -0.15) is 0 Å². The fraction of sp³-hybridized carbons (Fsp3) is 0.360. The molecule has 1 aliphatic rings. The number of piperidine rings is 1. The number of rotatable bonds is 7. The number of carbonyl (C=O) groups is 4. The molecule has 0 atom stereocenters. The smallest absolute Gasteiger partial charge is 0.407 e. The van der Waals surface area contributed by atoms with Crippen LogP contribution in [0, 0.1) is 0 Å². The highest BCUT2D eigenvalue weighted by molar-refractivity contribution is 6.32. The van der Waals surface area contributed by atoms with E-state index in [1.165, 1.54) is 9.80 Å². The van der Waals surface area contributed by atoms with E-state index >= 15 is 0 Å². The molecule has 34 heavy (non-hydrogen) atoms. The van der Waals surface area contributed by atoms with Crippen molar-refractivity contribution in [2.75, 3.05) is 19.7 Å². The third-order valence-electron chi connectivity index (χ3n) is 5.64. The highest BCUT2D eigenvalue weighted by atomic mass is 16.5. The molecular weight excluding hydrogens is 440 g/mol. The van der Waals surface area contributed by atoms with Crippen molar-refractivity contribution in [1.82, 2.24) is 9.80 Å². The Bertz CT molecular complexity index is 1000. The van der Waals surface area contributed by atoms with Gasteiger partial charge in [0.2, 0.25) is 0 Å². The zero-order valence-electron chi connectivity index (χ0n) is 19.0. The Kier molecular flexibility index (Phi) is 8.61. The molecule has 0 saturated carbocycles. The van der Waals surface area contributed by atoms with Crippen molar-refractivity contribution in [3.8, 4) is 0 Å². The second-order valence-corrected chi connectivity index (χ2v) is 7.91. The first kappa shape index (κ1) is 24.8. The Morgan fingerprint density at radius 2 is 1.59 bits per heavy atom. The summed E-state index contributed by atoms with van der Waals surface area (Å²) in [5.41, 5.74) is 1.98. The average Bonchev–Trinajstić information content (AvgIpc) is 2.86. The Morgan fingerprint density at radius 3 is 2.18 bits per heavy atom.